The zero-order chi connectivity index (χ0) is 18.3. The second kappa shape index (κ2) is 8.70. The first-order valence-electron chi connectivity index (χ1n) is 8.76. The van der Waals surface area contributed by atoms with Gasteiger partial charge in [0.25, 0.3) is 0 Å². The normalized spacial score (nSPS) is 17.7. The fourth-order valence-electron chi connectivity index (χ4n) is 2.61. The van der Waals surface area contributed by atoms with E-state index in [1.54, 1.807) is 0 Å². The molecule has 0 bridgehead atoms. The summed E-state index contributed by atoms with van der Waals surface area (Å²) in [6.45, 7) is 8.07. The largest absolute Gasteiger partial charge is 0.444 e. The maximum absolute atomic E-state index is 11.6. The molecular formula is C20H28N2O3. The van der Waals surface area contributed by atoms with E-state index in [-0.39, 0.29) is 6.10 Å². The highest BCUT2D eigenvalue weighted by atomic mass is 16.6. The first-order valence-corrected chi connectivity index (χ1v) is 8.76. The Labute approximate surface area is 150 Å². The summed E-state index contributed by atoms with van der Waals surface area (Å²) in [5.74, 6) is 0. The van der Waals surface area contributed by atoms with Gasteiger partial charge in [-0.25, -0.2) is 4.79 Å². The summed E-state index contributed by atoms with van der Waals surface area (Å²) >= 11 is 0. The zero-order valence-corrected chi connectivity index (χ0v) is 15.5. The Morgan fingerprint density at radius 3 is 2.72 bits per heavy atom. The third kappa shape index (κ3) is 6.61. The van der Waals surface area contributed by atoms with Crippen LogP contribution in [0.15, 0.2) is 47.1 Å². The van der Waals surface area contributed by atoms with Gasteiger partial charge >= 0.3 is 6.09 Å². The molecule has 0 saturated heterocycles. The summed E-state index contributed by atoms with van der Waals surface area (Å²) < 4.78 is 5.22. The van der Waals surface area contributed by atoms with Crippen LogP contribution in [0.4, 0.5) is 4.79 Å². The van der Waals surface area contributed by atoms with Gasteiger partial charge in [0, 0.05) is 19.4 Å². The number of carbonyl (C=O) groups excluding carboxylic acids is 1. The van der Waals surface area contributed by atoms with Gasteiger partial charge in [-0.2, -0.15) is 0 Å². The van der Waals surface area contributed by atoms with Crippen LogP contribution in [0.2, 0.25) is 0 Å². The van der Waals surface area contributed by atoms with Crippen molar-refractivity contribution < 1.29 is 14.4 Å². The van der Waals surface area contributed by atoms with Crippen molar-refractivity contribution in [2.75, 3.05) is 6.54 Å². The third-order valence-corrected chi connectivity index (χ3v) is 3.82. The number of allylic oxidation sites excluding steroid dienone is 2. The monoisotopic (exact) mass is 344 g/mol. The van der Waals surface area contributed by atoms with Gasteiger partial charge in [-0.1, -0.05) is 41.6 Å². The van der Waals surface area contributed by atoms with E-state index >= 15 is 0 Å². The highest BCUT2D eigenvalue weighted by Crippen LogP contribution is 2.21. The summed E-state index contributed by atoms with van der Waals surface area (Å²) in [6, 6.07) is 10.3. The smallest absolute Gasteiger partial charge is 0.407 e. The van der Waals surface area contributed by atoms with Gasteiger partial charge in [0.1, 0.15) is 11.7 Å². The molecule has 25 heavy (non-hydrogen) atoms. The molecule has 1 aromatic rings. The van der Waals surface area contributed by atoms with Crippen molar-refractivity contribution in [3.63, 3.8) is 0 Å². The molecule has 1 N–H and O–H groups in total. The van der Waals surface area contributed by atoms with E-state index in [1.807, 2.05) is 45.9 Å². The topological polar surface area (TPSA) is 59.9 Å². The van der Waals surface area contributed by atoms with Crippen molar-refractivity contribution in [3.05, 3.63) is 47.5 Å². The molecule has 0 spiro atoms. The number of nitrogens with zero attached hydrogens (tertiary/aromatic N) is 1. The van der Waals surface area contributed by atoms with Crippen LogP contribution in [0.25, 0.3) is 0 Å². The van der Waals surface area contributed by atoms with E-state index in [0.717, 1.165) is 18.6 Å². The molecule has 0 aromatic heterocycles. The number of benzene rings is 1. The number of hydrogen-bond donors (Lipinski definition) is 1. The molecule has 5 nitrogen and oxygen atoms in total. The number of ether oxygens (including phenoxy) is 1. The predicted octanol–water partition coefficient (Wildman–Crippen LogP) is 4.24. The molecule has 1 atom stereocenters. The van der Waals surface area contributed by atoms with Gasteiger partial charge in [-0.15, -0.1) is 0 Å². The molecule has 0 fully saturated rings. The van der Waals surface area contributed by atoms with Crippen LogP contribution in [0.5, 0.6) is 0 Å². The molecule has 1 heterocycles. The van der Waals surface area contributed by atoms with Gasteiger partial charge in [-0.3, -0.25) is 0 Å². The van der Waals surface area contributed by atoms with E-state index in [9.17, 15) is 4.79 Å². The Balaban J connectivity index is 1.75. The minimum Gasteiger partial charge on any atom is -0.444 e. The molecule has 0 aliphatic carbocycles. The molecule has 1 aliphatic heterocycles. The highest BCUT2D eigenvalue weighted by Gasteiger charge is 2.23. The molecular weight excluding hydrogens is 316 g/mol. The van der Waals surface area contributed by atoms with Crippen molar-refractivity contribution in [2.45, 2.75) is 58.7 Å². The van der Waals surface area contributed by atoms with Crippen molar-refractivity contribution in [1.82, 2.24) is 5.32 Å². The van der Waals surface area contributed by atoms with Crippen molar-refractivity contribution >= 4 is 11.8 Å². The lowest BCUT2D eigenvalue weighted by Crippen LogP contribution is -2.34. The zero-order valence-electron chi connectivity index (χ0n) is 15.5. The van der Waals surface area contributed by atoms with Gasteiger partial charge in [0.15, 0.2) is 0 Å². The number of rotatable bonds is 6. The molecule has 5 heteroatoms. The maximum atomic E-state index is 11.6. The van der Waals surface area contributed by atoms with E-state index in [2.05, 4.69) is 28.7 Å². The third-order valence-electron chi connectivity index (χ3n) is 3.82. The van der Waals surface area contributed by atoms with Crippen LogP contribution in [-0.2, 0) is 16.0 Å². The molecule has 2 rings (SSSR count). The standard InChI is InChI=1S/C20H28N2O3/c1-5-16(13-15-9-7-6-8-10-15)18-14-17(25-22-18)11-12-21-19(23)24-20(2,3)4/h5-10,17H,11-14H2,1-4H3,(H,21,23). The maximum Gasteiger partial charge on any atom is 0.407 e. The Morgan fingerprint density at radius 1 is 1.36 bits per heavy atom. The van der Waals surface area contributed by atoms with Crippen LogP contribution in [0, 0.1) is 0 Å². The van der Waals surface area contributed by atoms with Gasteiger partial charge in [0.05, 0.1) is 5.71 Å². The molecule has 136 valence electrons. The minimum atomic E-state index is -0.484. The fourth-order valence-corrected chi connectivity index (χ4v) is 2.61. The van der Waals surface area contributed by atoms with Crippen LogP contribution >= 0.6 is 0 Å². The Bertz CT molecular complexity index is 630. The quantitative estimate of drug-likeness (QED) is 0.840. The average Bonchev–Trinajstić information content (AvgIpc) is 3.00. The molecule has 0 saturated carbocycles. The SMILES string of the molecule is CC=C(Cc1ccccc1)C1=NOC(CCNC(=O)OC(C)(C)C)C1. The van der Waals surface area contributed by atoms with Crippen LogP contribution < -0.4 is 5.32 Å². The first kappa shape index (κ1) is 19.0. The van der Waals surface area contributed by atoms with Crippen LogP contribution in [0.3, 0.4) is 0 Å². The van der Waals surface area contributed by atoms with Gasteiger partial charge in [-0.05, 0) is 45.3 Å². The number of amides is 1. The van der Waals surface area contributed by atoms with Crippen molar-refractivity contribution in [3.8, 4) is 0 Å². The summed E-state index contributed by atoms with van der Waals surface area (Å²) in [4.78, 5) is 17.2. The Hall–Kier alpha value is -2.30. The van der Waals surface area contributed by atoms with E-state index in [1.165, 1.54) is 11.1 Å². The summed E-state index contributed by atoms with van der Waals surface area (Å²) in [5, 5.41) is 7.00. The number of hydrogen-bond acceptors (Lipinski definition) is 4. The minimum absolute atomic E-state index is 0.00402. The van der Waals surface area contributed by atoms with E-state index in [4.69, 9.17) is 9.57 Å². The molecule has 1 amide bonds. The van der Waals surface area contributed by atoms with E-state index < -0.39 is 11.7 Å². The Kier molecular flexibility index (Phi) is 6.62. The van der Waals surface area contributed by atoms with Crippen LogP contribution in [0.1, 0.15) is 46.1 Å². The molecule has 0 radical (unpaired) electrons. The van der Waals surface area contributed by atoms with Crippen molar-refractivity contribution in [1.29, 1.82) is 0 Å². The second-order valence-electron chi connectivity index (χ2n) is 7.16. The summed E-state index contributed by atoms with van der Waals surface area (Å²) in [5.41, 5.74) is 2.96. The Morgan fingerprint density at radius 2 is 2.08 bits per heavy atom. The lowest BCUT2D eigenvalue weighted by atomic mass is 9.97. The van der Waals surface area contributed by atoms with Gasteiger partial charge < -0.3 is 14.9 Å². The van der Waals surface area contributed by atoms with E-state index in [0.29, 0.717) is 13.0 Å². The first-order chi connectivity index (χ1) is 11.9. The average molecular weight is 344 g/mol. The number of alkyl carbamates (subject to hydrolysis) is 1. The highest BCUT2D eigenvalue weighted by molar-refractivity contribution is 6.01. The fraction of sp³-hybridized carbons (Fsp3) is 0.500. The lowest BCUT2D eigenvalue weighted by molar-refractivity contribution is 0.0496. The van der Waals surface area contributed by atoms with Crippen LogP contribution in [-0.4, -0.2) is 30.1 Å². The summed E-state index contributed by atoms with van der Waals surface area (Å²) in [6.07, 6.45) is 4.01. The number of oxime groups is 1. The molecule has 1 aliphatic rings. The molecule has 1 aromatic carbocycles. The van der Waals surface area contributed by atoms with Crippen molar-refractivity contribution in [2.24, 2.45) is 5.16 Å². The number of nitrogens with one attached hydrogen (secondary N) is 1. The number of carbonyl (C=O) groups is 1. The molecule has 1 unspecified atom stereocenters. The lowest BCUT2D eigenvalue weighted by Gasteiger charge is -2.19. The van der Waals surface area contributed by atoms with Gasteiger partial charge in [0.2, 0.25) is 0 Å². The predicted molar refractivity (Wildman–Crippen MR) is 99.7 cm³/mol. The summed E-state index contributed by atoms with van der Waals surface area (Å²) in [7, 11) is 0. The second-order valence-corrected chi connectivity index (χ2v) is 7.16.